The lowest BCUT2D eigenvalue weighted by Gasteiger charge is -2.18. The maximum absolute atomic E-state index is 12.1. The van der Waals surface area contributed by atoms with Gasteiger partial charge in [-0.3, -0.25) is 9.59 Å². The van der Waals surface area contributed by atoms with Crippen LogP contribution >= 0.6 is 21.6 Å². The molecule has 8 nitrogen and oxygen atoms in total. The average Bonchev–Trinajstić information content (AvgIpc) is 2.79. The average molecular weight is 493 g/mol. The van der Waals surface area contributed by atoms with Crippen LogP contribution in [0.4, 0.5) is 0 Å². The molecule has 0 saturated carbocycles. The Bertz CT molecular complexity index is 515. The molecule has 0 aliphatic heterocycles. The highest BCUT2D eigenvalue weighted by atomic mass is 33.1. The third-order valence-electron chi connectivity index (χ3n) is 4.71. The Hall–Kier alpha value is -1.42. The summed E-state index contributed by atoms with van der Waals surface area (Å²) in [6.07, 6.45) is 8.63. The topological polar surface area (TPSA) is 111 Å². The molecule has 0 rings (SSSR count). The summed E-state index contributed by atoms with van der Waals surface area (Å²) in [7, 11) is 5.22. The third-order valence-corrected chi connectivity index (χ3v) is 7.13. The van der Waals surface area contributed by atoms with E-state index >= 15 is 0 Å². The summed E-state index contributed by atoms with van der Waals surface area (Å²) in [5, 5.41) is 5.45. The lowest BCUT2D eigenvalue weighted by atomic mass is 10.1. The van der Waals surface area contributed by atoms with Crippen LogP contribution in [0.1, 0.15) is 78.1 Å². The van der Waals surface area contributed by atoms with Gasteiger partial charge in [0, 0.05) is 24.3 Å². The molecule has 0 aliphatic carbocycles. The molecular weight excluding hydrogens is 452 g/mol. The molecule has 0 saturated heterocycles. The normalized spacial score (nSPS) is 12.5. The number of carbonyl (C=O) groups excluding carboxylic acids is 4. The van der Waals surface area contributed by atoms with Crippen molar-refractivity contribution in [3.63, 3.8) is 0 Å². The first-order valence-corrected chi connectivity index (χ1v) is 13.9. The van der Waals surface area contributed by atoms with Crippen molar-refractivity contribution < 1.29 is 28.7 Å². The SMILES string of the molecule is CCCCCCC(=O)N[C@@H](CSSC[C@H](NC(=O)CCCCCC)C(=O)OC)C(=O)OC. The zero-order valence-corrected chi connectivity index (χ0v) is 21.5. The van der Waals surface area contributed by atoms with Gasteiger partial charge in [-0.15, -0.1) is 0 Å². The van der Waals surface area contributed by atoms with E-state index in [-0.39, 0.29) is 23.3 Å². The van der Waals surface area contributed by atoms with Crippen molar-refractivity contribution in [2.45, 2.75) is 90.1 Å². The Morgan fingerprint density at radius 1 is 0.656 bits per heavy atom. The molecule has 0 spiro atoms. The van der Waals surface area contributed by atoms with Gasteiger partial charge in [0.2, 0.25) is 11.8 Å². The smallest absolute Gasteiger partial charge is 0.329 e. The van der Waals surface area contributed by atoms with Crippen molar-refractivity contribution in [2.75, 3.05) is 25.7 Å². The summed E-state index contributed by atoms with van der Waals surface area (Å²) in [4.78, 5) is 48.2. The number of nitrogens with one attached hydrogen (secondary N) is 2. The molecule has 0 aromatic rings. The van der Waals surface area contributed by atoms with E-state index in [2.05, 4.69) is 24.5 Å². The number of ether oxygens (including phenoxy) is 2. The molecule has 0 radical (unpaired) electrons. The van der Waals surface area contributed by atoms with E-state index in [1.807, 2.05) is 0 Å². The van der Waals surface area contributed by atoms with Gasteiger partial charge in [-0.25, -0.2) is 9.59 Å². The molecule has 0 heterocycles. The Balaban J connectivity index is 4.49. The second kappa shape index (κ2) is 20.2. The number of rotatable bonds is 19. The maximum Gasteiger partial charge on any atom is 0.329 e. The Morgan fingerprint density at radius 2 is 1.03 bits per heavy atom. The number of amides is 2. The van der Waals surface area contributed by atoms with Crippen molar-refractivity contribution >= 4 is 45.3 Å². The van der Waals surface area contributed by atoms with Crippen LogP contribution in [0.2, 0.25) is 0 Å². The van der Waals surface area contributed by atoms with Gasteiger partial charge in [0.25, 0.3) is 0 Å². The van der Waals surface area contributed by atoms with Crippen molar-refractivity contribution in [1.29, 1.82) is 0 Å². The summed E-state index contributed by atoms with van der Waals surface area (Å²) < 4.78 is 9.58. The minimum absolute atomic E-state index is 0.176. The Morgan fingerprint density at radius 3 is 1.34 bits per heavy atom. The number of hydrogen-bond donors (Lipinski definition) is 2. The van der Waals surface area contributed by atoms with Gasteiger partial charge in [-0.2, -0.15) is 0 Å². The van der Waals surface area contributed by atoms with E-state index in [4.69, 9.17) is 9.47 Å². The predicted molar refractivity (Wildman–Crippen MR) is 130 cm³/mol. The van der Waals surface area contributed by atoms with Gasteiger partial charge >= 0.3 is 11.9 Å². The van der Waals surface area contributed by atoms with Gasteiger partial charge in [0.15, 0.2) is 0 Å². The van der Waals surface area contributed by atoms with Crippen molar-refractivity contribution in [1.82, 2.24) is 10.6 Å². The molecule has 2 atom stereocenters. The second-order valence-electron chi connectivity index (χ2n) is 7.48. The molecule has 0 aromatic carbocycles. The highest BCUT2D eigenvalue weighted by Gasteiger charge is 2.24. The fourth-order valence-corrected chi connectivity index (χ4v) is 5.11. The minimum Gasteiger partial charge on any atom is -0.467 e. The van der Waals surface area contributed by atoms with Crippen molar-refractivity contribution in [2.24, 2.45) is 0 Å². The van der Waals surface area contributed by atoms with E-state index in [1.165, 1.54) is 35.8 Å². The molecule has 0 unspecified atom stereocenters. The van der Waals surface area contributed by atoms with Crippen molar-refractivity contribution in [3.8, 4) is 0 Å². The maximum atomic E-state index is 12.1. The standard InChI is InChI=1S/C22H40N2O6S2/c1-5-7-9-11-13-19(25)23-17(21(27)29-3)15-31-32-16-18(22(28)30-4)24-20(26)14-12-10-8-6-2/h17-18H,5-16H2,1-4H3,(H,23,25)(H,24,26)/t17-,18-/m0/s1. The number of methoxy groups -OCH3 is 2. The molecule has 0 bridgehead atoms. The van der Waals surface area contributed by atoms with Crippen LogP contribution in [0.5, 0.6) is 0 Å². The fraction of sp³-hybridized carbons (Fsp3) is 0.818. The molecule has 32 heavy (non-hydrogen) atoms. The lowest BCUT2D eigenvalue weighted by Crippen LogP contribution is -2.44. The predicted octanol–water partition coefficient (Wildman–Crippen LogP) is 3.62. The molecule has 2 amide bonds. The Kier molecular flexibility index (Phi) is 19.3. The quantitative estimate of drug-likeness (QED) is 0.160. The van der Waals surface area contributed by atoms with Crippen molar-refractivity contribution in [3.05, 3.63) is 0 Å². The van der Waals surface area contributed by atoms with E-state index in [1.54, 1.807) is 0 Å². The fourth-order valence-electron chi connectivity index (χ4n) is 2.81. The molecule has 2 N–H and O–H groups in total. The number of hydrogen-bond acceptors (Lipinski definition) is 8. The van der Waals surface area contributed by atoms with E-state index in [0.717, 1.165) is 51.4 Å². The number of carbonyl (C=O) groups is 4. The van der Waals surface area contributed by atoms with Crippen LogP contribution in [-0.4, -0.2) is 61.6 Å². The van der Waals surface area contributed by atoms with Crippen LogP contribution in [-0.2, 0) is 28.7 Å². The minimum atomic E-state index is -0.763. The van der Waals surface area contributed by atoms with Gasteiger partial charge in [-0.1, -0.05) is 74.0 Å². The highest BCUT2D eigenvalue weighted by molar-refractivity contribution is 8.76. The highest BCUT2D eigenvalue weighted by Crippen LogP contribution is 2.24. The largest absolute Gasteiger partial charge is 0.467 e. The molecule has 186 valence electrons. The van der Waals surface area contributed by atoms with Gasteiger partial charge < -0.3 is 20.1 Å². The van der Waals surface area contributed by atoms with Gasteiger partial charge in [0.05, 0.1) is 14.2 Å². The molecule has 0 fully saturated rings. The monoisotopic (exact) mass is 492 g/mol. The molecular formula is C22H40N2O6S2. The summed E-state index contributed by atoms with van der Waals surface area (Å²) in [5.41, 5.74) is 0. The van der Waals surface area contributed by atoms with Crippen LogP contribution in [0.3, 0.4) is 0 Å². The van der Waals surface area contributed by atoms with E-state index < -0.39 is 24.0 Å². The summed E-state index contributed by atoms with van der Waals surface area (Å²) in [6.45, 7) is 4.21. The second-order valence-corrected chi connectivity index (χ2v) is 10.0. The van der Waals surface area contributed by atoms with Crippen LogP contribution in [0, 0.1) is 0 Å². The van der Waals surface area contributed by atoms with Crippen LogP contribution < -0.4 is 10.6 Å². The number of unbranched alkanes of at least 4 members (excludes halogenated alkanes) is 6. The third kappa shape index (κ3) is 15.4. The number of esters is 2. The first-order valence-electron chi connectivity index (χ1n) is 11.4. The van der Waals surface area contributed by atoms with E-state index in [0.29, 0.717) is 12.8 Å². The first kappa shape index (κ1) is 30.6. The summed E-state index contributed by atoms with van der Waals surface area (Å²) >= 11 is 0. The Labute approximate surface area is 200 Å². The molecule has 10 heteroatoms. The molecule has 0 aromatic heterocycles. The van der Waals surface area contributed by atoms with E-state index in [9.17, 15) is 19.2 Å². The zero-order valence-electron chi connectivity index (χ0n) is 19.9. The summed E-state index contributed by atoms with van der Waals surface area (Å²) in [6, 6.07) is -1.53. The first-order chi connectivity index (χ1) is 15.4. The van der Waals surface area contributed by atoms with Crippen LogP contribution in [0.15, 0.2) is 0 Å². The molecule has 0 aliphatic rings. The summed E-state index contributed by atoms with van der Waals surface area (Å²) in [5.74, 6) is -0.794. The zero-order chi connectivity index (χ0) is 24.2. The van der Waals surface area contributed by atoms with Gasteiger partial charge in [0.1, 0.15) is 12.1 Å². The van der Waals surface area contributed by atoms with Crippen LogP contribution in [0.25, 0.3) is 0 Å². The van der Waals surface area contributed by atoms with Gasteiger partial charge in [-0.05, 0) is 12.8 Å². The lowest BCUT2D eigenvalue weighted by molar-refractivity contribution is -0.144.